The number of piperazine rings is 1. The monoisotopic (exact) mass is 377 g/mol. The summed E-state index contributed by atoms with van der Waals surface area (Å²) in [7, 11) is 0. The number of aromatic nitrogens is 1. The summed E-state index contributed by atoms with van der Waals surface area (Å²) in [5, 5.41) is 13.2. The molecule has 1 amide bonds. The number of benzene rings is 2. The van der Waals surface area contributed by atoms with E-state index in [4.69, 9.17) is 5.26 Å². The summed E-state index contributed by atoms with van der Waals surface area (Å²) in [6.07, 6.45) is 0. The third kappa shape index (κ3) is 3.77. The second-order valence-corrected chi connectivity index (χ2v) is 7.28. The Morgan fingerprint density at radius 1 is 1.11 bits per heavy atom. The van der Waals surface area contributed by atoms with Gasteiger partial charge in [0.1, 0.15) is 11.9 Å². The van der Waals surface area contributed by atoms with Crippen LogP contribution in [-0.4, -0.2) is 47.9 Å². The van der Waals surface area contributed by atoms with Crippen molar-refractivity contribution < 1.29 is 4.79 Å². The topological polar surface area (TPSA) is 72.3 Å². The average Bonchev–Trinajstić information content (AvgIpc) is 3.13. The Hall–Kier alpha value is -2.95. The van der Waals surface area contributed by atoms with Crippen LogP contribution in [0.25, 0.3) is 10.1 Å². The van der Waals surface area contributed by atoms with E-state index in [9.17, 15) is 4.79 Å². The zero-order valence-electron chi connectivity index (χ0n) is 14.8. The maximum atomic E-state index is 12.3. The molecule has 1 fully saturated rings. The molecule has 1 N–H and O–H groups in total. The van der Waals surface area contributed by atoms with E-state index in [0.717, 1.165) is 32.0 Å². The lowest BCUT2D eigenvalue weighted by Gasteiger charge is -2.34. The minimum absolute atomic E-state index is 0.0924. The molecular weight excluding hydrogens is 358 g/mol. The number of hydrogen-bond acceptors (Lipinski definition) is 6. The molecule has 2 aromatic carbocycles. The Labute approximate surface area is 161 Å². The number of para-hydroxylation sites is 1. The zero-order valence-corrected chi connectivity index (χ0v) is 15.6. The van der Waals surface area contributed by atoms with Gasteiger partial charge in [-0.05, 0) is 35.8 Å². The van der Waals surface area contributed by atoms with Crippen LogP contribution in [0.3, 0.4) is 0 Å². The van der Waals surface area contributed by atoms with Crippen molar-refractivity contribution in [1.82, 2.24) is 9.27 Å². The summed E-state index contributed by atoms with van der Waals surface area (Å²) in [5.41, 5.74) is 1.05. The normalized spacial score (nSPS) is 14.9. The fraction of sp³-hybridized carbons (Fsp3) is 0.250. The fourth-order valence-electron chi connectivity index (χ4n) is 3.30. The summed E-state index contributed by atoms with van der Waals surface area (Å²) >= 11 is 1.53. The van der Waals surface area contributed by atoms with Gasteiger partial charge in [-0.15, -0.1) is 0 Å². The molecule has 2 heterocycles. The largest absolute Gasteiger partial charge is 0.353 e. The van der Waals surface area contributed by atoms with E-state index in [1.165, 1.54) is 21.6 Å². The molecule has 136 valence electrons. The standard InChI is InChI=1S/C20H19N5OS/c21-13-15-5-1-3-7-17(15)22-19(26)14-24-9-11-25(12-10-24)20-16-6-2-4-8-18(16)27-23-20/h1-8H,9-12,14H2,(H,22,26). The third-order valence-electron chi connectivity index (χ3n) is 4.72. The molecule has 4 rings (SSSR count). The molecule has 6 nitrogen and oxygen atoms in total. The van der Waals surface area contributed by atoms with Gasteiger partial charge in [0, 0.05) is 31.6 Å². The molecule has 0 atom stereocenters. The van der Waals surface area contributed by atoms with E-state index >= 15 is 0 Å². The van der Waals surface area contributed by atoms with Gasteiger partial charge in [-0.2, -0.15) is 9.64 Å². The van der Waals surface area contributed by atoms with Crippen molar-refractivity contribution in [3.63, 3.8) is 0 Å². The first-order chi connectivity index (χ1) is 13.2. The number of nitriles is 1. The summed E-state index contributed by atoms with van der Waals surface area (Å²) < 4.78 is 5.82. The highest BCUT2D eigenvalue weighted by atomic mass is 32.1. The van der Waals surface area contributed by atoms with Crippen LogP contribution in [0.15, 0.2) is 48.5 Å². The first-order valence-electron chi connectivity index (χ1n) is 8.85. The van der Waals surface area contributed by atoms with E-state index in [0.29, 0.717) is 17.8 Å². The molecule has 0 saturated carbocycles. The van der Waals surface area contributed by atoms with E-state index in [1.54, 1.807) is 18.2 Å². The highest BCUT2D eigenvalue weighted by Crippen LogP contribution is 2.29. The molecule has 27 heavy (non-hydrogen) atoms. The highest BCUT2D eigenvalue weighted by Gasteiger charge is 2.22. The molecule has 0 spiro atoms. The first kappa shape index (κ1) is 17.5. The minimum Gasteiger partial charge on any atom is -0.353 e. The van der Waals surface area contributed by atoms with Crippen molar-refractivity contribution in [2.45, 2.75) is 0 Å². The number of anilines is 2. The lowest BCUT2D eigenvalue weighted by atomic mass is 10.2. The van der Waals surface area contributed by atoms with Gasteiger partial charge in [-0.1, -0.05) is 24.3 Å². The number of amides is 1. The maximum Gasteiger partial charge on any atom is 0.238 e. The van der Waals surface area contributed by atoms with Crippen molar-refractivity contribution >= 4 is 39.0 Å². The van der Waals surface area contributed by atoms with Crippen molar-refractivity contribution in [1.29, 1.82) is 5.26 Å². The maximum absolute atomic E-state index is 12.3. The molecule has 0 unspecified atom stereocenters. The van der Waals surface area contributed by atoms with Crippen LogP contribution in [-0.2, 0) is 4.79 Å². The predicted octanol–water partition coefficient (Wildman–Crippen LogP) is 2.93. The van der Waals surface area contributed by atoms with Gasteiger partial charge < -0.3 is 10.2 Å². The van der Waals surface area contributed by atoms with Crippen LogP contribution in [0.4, 0.5) is 11.5 Å². The lowest BCUT2D eigenvalue weighted by molar-refractivity contribution is -0.117. The van der Waals surface area contributed by atoms with Gasteiger partial charge in [0.2, 0.25) is 5.91 Å². The number of rotatable bonds is 4. The Kier molecular flexibility index (Phi) is 5.01. The number of fused-ring (bicyclic) bond motifs is 1. The van der Waals surface area contributed by atoms with Crippen LogP contribution in [0.2, 0.25) is 0 Å². The van der Waals surface area contributed by atoms with Gasteiger partial charge in [0.05, 0.1) is 22.5 Å². The van der Waals surface area contributed by atoms with Crippen molar-refractivity contribution in [2.75, 3.05) is 42.9 Å². The summed E-state index contributed by atoms with van der Waals surface area (Å²) in [5.74, 6) is 0.952. The van der Waals surface area contributed by atoms with Gasteiger partial charge in [0.25, 0.3) is 0 Å². The van der Waals surface area contributed by atoms with E-state index in [1.807, 2.05) is 18.2 Å². The molecule has 1 aliphatic heterocycles. The Balaban J connectivity index is 1.34. The number of hydrogen-bond donors (Lipinski definition) is 1. The molecule has 1 aliphatic rings. The van der Waals surface area contributed by atoms with E-state index < -0.39 is 0 Å². The quantitative estimate of drug-likeness (QED) is 0.757. The molecule has 3 aromatic rings. The second-order valence-electron chi connectivity index (χ2n) is 6.47. The van der Waals surface area contributed by atoms with Crippen LogP contribution in [0, 0.1) is 11.3 Å². The molecule has 0 aliphatic carbocycles. The number of nitrogens with zero attached hydrogens (tertiary/aromatic N) is 4. The van der Waals surface area contributed by atoms with Crippen LogP contribution >= 0.6 is 11.5 Å². The summed E-state index contributed by atoms with van der Waals surface area (Å²) in [4.78, 5) is 16.8. The third-order valence-corrected chi connectivity index (χ3v) is 5.54. The number of carbonyl (C=O) groups is 1. The number of carbonyl (C=O) groups excluding carboxylic acids is 1. The van der Waals surface area contributed by atoms with E-state index in [2.05, 4.69) is 37.7 Å². The van der Waals surface area contributed by atoms with Gasteiger partial charge in [-0.3, -0.25) is 9.69 Å². The lowest BCUT2D eigenvalue weighted by Crippen LogP contribution is -2.48. The second kappa shape index (κ2) is 7.74. The zero-order chi connectivity index (χ0) is 18.6. The fourth-order valence-corrected chi connectivity index (χ4v) is 4.10. The summed E-state index contributed by atoms with van der Waals surface area (Å²) in [6, 6.07) is 17.4. The first-order valence-corrected chi connectivity index (χ1v) is 9.62. The molecular formula is C20H19N5OS. The molecule has 1 saturated heterocycles. The Morgan fingerprint density at radius 2 is 1.85 bits per heavy atom. The Bertz CT molecular complexity index is 1000. The van der Waals surface area contributed by atoms with Crippen molar-refractivity contribution in [3.8, 4) is 6.07 Å². The van der Waals surface area contributed by atoms with Crippen molar-refractivity contribution in [2.24, 2.45) is 0 Å². The van der Waals surface area contributed by atoms with Crippen LogP contribution in [0.1, 0.15) is 5.56 Å². The molecule has 0 radical (unpaired) electrons. The van der Waals surface area contributed by atoms with Gasteiger partial charge in [0.15, 0.2) is 0 Å². The van der Waals surface area contributed by atoms with Gasteiger partial charge in [-0.25, -0.2) is 0 Å². The SMILES string of the molecule is N#Cc1ccccc1NC(=O)CN1CCN(c2nsc3ccccc23)CC1. The smallest absolute Gasteiger partial charge is 0.238 e. The highest BCUT2D eigenvalue weighted by molar-refractivity contribution is 7.13. The van der Waals surface area contributed by atoms with Crippen LogP contribution in [0.5, 0.6) is 0 Å². The molecule has 1 aromatic heterocycles. The van der Waals surface area contributed by atoms with Crippen molar-refractivity contribution in [3.05, 3.63) is 54.1 Å². The summed E-state index contributed by atoms with van der Waals surface area (Å²) in [6.45, 7) is 3.62. The molecule has 7 heteroatoms. The average molecular weight is 377 g/mol. The minimum atomic E-state index is -0.0924. The predicted molar refractivity (Wildman–Crippen MR) is 108 cm³/mol. The molecule has 0 bridgehead atoms. The van der Waals surface area contributed by atoms with Crippen LogP contribution < -0.4 is 10.2 Å². The number of nitrogens with one attached hydrogen (secondary N) is 1. The Morgan fingerprint density at radius 3 is 2.67 bits per heavy atom. The van der Waals surface area contributed by atoms with Gasteiger partial charge >= 0.3 is 0 Å². The van der Waals surface area contributed by atoms with E-state index in [-0.39, 0.29) is 5.91 Å².